The zero-order valence-corrected chi connectivity index (χ0v) is 12.5. The molecule has 1 aromatic heterocycles. The fraction of sp³-hybridized carbons (Fsp3) is 0.231. The lowest BCUT2D eigenvalue weighted by Crippen LogP contribution is -2.03. The largest absolute Gasteiger partial charge is 0.478 e. The van der Waals surface area contributed by atoms with Crippen LogP contribution in [0.2, 0.25) is 0 Å². The van der Waals surface area contributed by atoms with E-state index in [0.29, 0.717) is 5.01 Å². The number of hydrogen-bond donors (Lipinski definition) is 1. The molecule has 4 nitrogen and oxygen atoms in total. The number of hydrogen-bond acceptors (Lipinski definition) is 4. The summed E-state index contributed by atoms with van der Waals surface area (Å²) in [5.74, 6) is -1.76. The molecule has 0 aliphatic heterocycles. The molecule has 0 aliphatic rings. The Hall–Kier alpha value is -1.60. The van der Waals surface area contributed by atoms with Gasteiger partial charge in [-0.15, -0.1) is 11.3 Å². The molecular weight excluding hydrogens is 301 g/mol. The van der Waals surface area contributed by atoms with Gasteiger partial charge in [-0.3, -0.25) is 4.21 Å². The lowest BCUT2D eigenvalue weighted by molar-refractivity contribution is 0.0696. The van der Waals surface area contributed by atoms with Crippen molar-refractivity contribution < 1.29 is 18.5 Å². The molecule has 1 aromatic carbocycles. The number of carbonyl (C=O) groups is 1. The maximum Gasteiger partial charge on any atom is 0.335 e. The number of carboxylic acids is 1. The Morgan fingerprint density at radius 1 is 1.45 bits per heavy atom. The average molecular weight is 313 g/mol. The predicted octanol–water partition coefficient (Wildman–Crippen LogP) is 2.91. The van der Waals surface area contributed by atoms with Gasteiger partial charge in [0.25, 0.3) is 0 Å². The molecule has 0 fully saturated rings. The van der Waals surface area contributed by atoms with E-state index in [1.54, 1.807) is 0 Å². The molecule has 2 aromatic rings. The van der Waals surface area contributed by atoms with Gasteiger partial charge in [0.15, 0.2) is 0 Å². The highest BCUT2D eigenvalue weighted by Gasteiger charge is 2.16. The maximum absolute atomic E-state index is 13.7. The van der Waals surface area contributed by atoms with Crippen LogP contribution >= 0.6 is 11.3 Å². The van der Waals surface area contributed by atoms with Crippen molar-refractivity contribution >= 4 is 28.1 Å². The molecule has 1 N–H and O–H groups in total. The second kappa shape index (κ2) is 5.80. The molecule has 1 unspecified atom stereocenters. The van der Waals surface area contributed by atoms with E-state index < -0.39 is 22.6 Å². The number of halogens is 1. The topological polar surface area (TPSA) is 67.3 Å². The van der Waals surface area contributed by atoms with Gasteiger partial charge in [-0.2, -0.15) is 0 Å². The molecule has 7 heteroatoms. The van der Waals surface area contributed by atoms with Crippen molar-refractivity contribution in [1.82, 2.24) is 4.98 Å². The first kappa shape index (κ1) is 14.8. The fourth-order valence-corrected chi connectivity index (χ4v) is 3.88. The van der Waals surface area contributed by atoms with Crippen molar-refractivity contribution in [2.45, 2.75) is 24.5 Å². The molecular formula is C13H12FNO3S2. The Bertz CT molecular complexity index is 677. The standard InChI is InChI=1S/C13H12FNO3S2/c1-7-8(2)19-12(15-7)6-20(18)11-5-9(13(16)17)3-4-10(11)14/h3-5H,6H2,1-2H3,(H,16,17). The van der Waals surface area contributed by atoms with E-state index in [0.717, 1.165) is 28.8 Å². The van der Waals surface area contributed by atoms with Gasteiger partial charge in [-0.05, 0) is 32.0 Å². The van der Waals surface area contributed by atoms with Crippen LogP contribution < -0.4 is 0 Å². The summed E-state index contributed by atoms with van der Waals surface area (Å²) in [6.07, 6.45) is 0. The summed E-state index contributed by atoms with van der Waals surface area (Å²) in [6, 6.07) is 3.28. The Balaban J connectivity index is 2.29. The summed E-state index contributed by atoms with van der Waals surface area (Å²) in [5, 5.41) is 9.53. The Kier molecular flexibility index (Phi) is 4.29. The minimum absolute atomic E-state index is 0.0822. The van der Waals surface area contributed by atoms with Crippen LogP contribution in [0.3, 0.4) is 0 Å². The lowest BCUT2D eigenvalue weighted by atomic mass is 10.2. The van der Waals surface area contributed by atoms with Crippen molar-refractivity contribution in [3.8, 4) is 0 Å². The van der Waals surface area contributed by atoms with Gasteiger partial charge >= 0.3 is 5.97 Å². The Morgan fingerprint density at radius 3 is 2.70 bits per heavy atom. The van der Waals surface area contributed by atoms with Crippen LogP contribution in [0.5, 0.6) is 0 Å². The highest BCUT2D eigenvalue weighted by molar-refractivity contribution is 7.84. The van der Waals surface area contributed by atoms with Crippen molar-refractivity contribution in [2.24, 2.45) is 0 Å². The van der Waals surface area contributed by atoms with Crippen LogP contribution in [-0.2, 0) is 16.6 Å². The first-order chi connectivity index (χ1) is 9.38. The third kappa shape index (κ3) is 3.10. The zero-order chi connectivity index (χ0) is 14.9. The van der Waals surface area contributed by atoms with Gasteiger partial charge in [0, 0.05) is 4.88 Å². The van der Waals surface area contributed by atoms with Gasteiger partial charge in [0.05, 0.1) is 32.7 Å². The smallest absolute Gasteiger partial charge is 0.335 e. The van der Waals surface area contributed by atoms with E-state index in [4.69, 9.17) is 5.11 Å². The normalized spacial score (nSPS) is 12.3. The van der Waals surface area contributed by atoms with Crippen molar-refractivity contribution in [2.75, 3.05) is 0 Å². The van der Waals surface area contributed by atoms with Gasteiger partial charge in [-0.25, -0.2) is 14.2 Å². The van der Waals surface area contributed by atoms with Crippen LogP contribution in [0.1, 0.15) is 25.9 Å². The molecule has 0 amide bonds. The number of aromatic nitrogens is 1. The molecule has 0 saturated carbocycles. The monoisotopic (exact) mass is 313 g/mol. The van der Waals surface area contributed by atoms with Crippen molar-refractivity contribution in [3.05, 3.63) is 45.2 Å². The number of aryl methyl sites for hydroxylation is 2. The quantitative estimate of drug-likeness (QED) is 0.942. The Morgan fingerprint density at radius 2 is 2.15 bits per heavy atom. The molecule has 20 heavy (non-hydrogen) atoms. The first-order valence-corrected chi connectivity index (χ1v) is 7.86. The minimum atomic E-state index is -1.66. The summed E-state index contributed by atoms with van der Waals surface area (Å²) >= 11 is 1.41. The van der Waals surface area contributed by atoms with E-state index in [1.165, 1.54) is 11.3 Å². The van der Waals surface area contributed by atoms with Crippen LogP contribution in [0.4, 0.5) is 4.39 Å². The van der Waals surface area contributed by atoms with E-state index in [-0.39, 0.29) is 16.2 Å². The third-order valence-corrected chi connectivity index (χ3v) is 5.35. The average Bonchev–Trinajstić information content (AvgIpc) is 2.68. The lowest BCUT2D eigenvalue weighted by Gasteiger charge is -2.03. The second-order valence-corrected chi connectivity index (χ2v) is 6.90. The molecule has 1 atom stereocenters. The predicted molar refractivity (Wildman–Crippen MR) is 75.1 cm³/mol. The van der Waals surface area contributed by atoms with Gasteiger partial charge < -0.3 is 5.11 Å². The maximum atomic E-state index is 13.7. The van der Waals surface area contributed by atoms with Crippen molar-refractivity contribution in [1.29, 1.82) is 0 Å². The summed E-state index contributed by atoms with van der Waals surface area (Å²) < 4.78 is 25.8. The van der Waals surface area contributed by atoms with Crippen LogP contribution in [0, 0.1) is 19.7 Å². The van der Waals surface area contributed by atoms with Crippen LogP contribution in [0.15, 0.2) is 23.1 Å². The molecule has 2 rings (SSSR count). The number of rotatable bonds is 4. The van der Waals surface area contributed by atoms with E-state index in [2.05, 4.69) is 4.98 Å². The number of thiazole rings is 1. The summed E-state index contributed by atoms with van der Waals surface area (Å²) in [4.78, 5) is 16.0. The number of benzene rings is 1. The van der Waals surface area contributed by atoms with Gasteiger partial charge in [0.2, 0.25) is 0 Å². The summed E-state index contributed by atoms with van der Waals surface area (Å²) in [5.41, 5.74) is 0.781. The van der Waals surface area contributed by atoms with Crippen LogP contribution in [0.25, 0.3) is 0 Å². The molecule has 0 bridgehead atoms. The summed E-state index contributed by atoms with van der Waals surface area (Å²) in [6.45, 7) is 3.76. The van der Waals surface area contributed by atoms with Crippen molar-refractivity contribution in [3.63, 3.8) is 0 Å². The minimum Gasteiger partial charge on any atom is -0.478 e. The Labute approximate surface area is 121 Å². The number of carboxylic acid groups (broad SMARTS) is 1. The molecule has 0 spiro atoms. The molecule has 0 saturated heterocycles. The number of nitrogens with zero attached hydrogens (tertiary/aromatic N) is 1. The van der Waals surface area contributed by atoms with Crippen LogP contribution in [-0.4, -0.2) is 20.3 Å². The summed E-state index contributed by atoms with van der Waals surface area (Å²) in [7, 11) is -1.66. The molecule has 1 heterocycles. The van der Waals surface area contributed by atoms with E-state index >= 15 is 0 Å². The van der Waals surface area contributed by atoms with Gasteiger partial charge in [-0.1, -0.05) is 0 Å². The fourth-order valence-electron chi connectivity index (χ4n) is 1.60. The molecule has 0 radical (unpaired) electrons. The SMILES string of the molecule is Cc1nc(CS(=O)c2cc(C(=O)O)ccc2F)sc1C. The zero-order valence-electron chi connectivity index (χ0n) is 10.8. The third-order valence-electron chi connectivity index (χ3n) is 2.75. The van der Waals surface area contributed by atoms with Gasteiger partial charge in [0.1, 0.15) is 10.8 Å². The molecule has 0 aliphatic carbocycles. The number of aromatic carboxylic acids is 1. The molecule has 106 valence electrons. The first-order valence-electron chi connectivity index (χ1n) is 5.72. The van der Waals surface area contributed by atoms with E-state index in [9.17, 15) is 13.4 Å². The van der Waals surface area contributed by atoms with E-state index in [1.807, 2.05) is 13.8 Å². The highest BCUT2D eigenvalue weighted by atomic mass is 32.2. The highest BCUT2D eigenvalue weighted by Crippen LogP contribution is 2.22. The second-order valence-electron chi connectivity index (χ2n) is 4.19.